The van der Waals surface area contributed by atoms with E-state index < -0.39 is 98.3 Å². The third-order valence-electron chi connectivity index (χ3n) is 7.65. The summed E-state index contributed by atoms with van der Waals surface area (Å²) in [4.78, 5) is 47.3. The van der Waals surface area contributed by atoms with Gasteiger partial charge in [0.2, 0.25) is 23.6 Å². The zero-order valence-electron chi connectivity index (χ0n) is 28.2. The van der Waals surface area contributed by atoms with Crippen LogP contribution in [-0.2, 0) is 47.6 Å². The lowest BCUT2D eigenvalue weighted by atomic mass is 9.97. The van der Waals surface area contributed by atoms with E-state index in [0.29, 0.717) is 0 Å². The first-order valence-electron chi connectivity index (χ1n) is 16.3. The minimum Gasteiger partial charge on any atom is -0.394 e. The zero-order valence-corrected chi connectivity index (χ0v) is 28.2. The van der Waals surface area contributed by atoms with Crippen LogP contribution in [0.2, 0.25) is 0 Å². The summed E-state index contributed by atoms with van der Waals surface area (Å²) in [5.41, 5.74) is 5.87. The van der Waals surface area contributed by atoms with Crippen LogP contribution < -0.4 is 27.0 Å². The fourth-order valence-electron chi connectivity index (χ4n) is 5.02. The lowest BCUT2D eigenvalue weighted by Gasteiger charge is -2.42. The summed E-state index contributed by atoms with van der Waals surface area (Å²) < 4.78 is 32.7. The van der Waals surface area contributed by atoms with Crippen LogP contribution in [0.25, 0.3) is 0 Å². The number of aliphatic hydroxyl groups excluding tert-OH is 6. The van der Waals surface area contributed by atoms with E-state index >= 15 is 0 Å². The predicted molar refractivity (Wildman–Crippen MR) is 168 cm³/mol. The Morgan fingerprint density at radius 1 is 0.680 bits per heavy atom. The Labute approximate surface area is 289 Å². The van der Waals surface area contributed by atoms with E-state index in [-0.39, 0.29) is 71.5 Å². The van der Waals surface area contributed by atoms with E-state index in [4.69, 9.17) is 34.2 Å². The molecule has 4 amide bonds. The number of hydrogen-bond donors (Lipinski definition) is 11. The van der Waals surface area contributed by atoms with Gasteiger partial charge in [-0.2, -0.15) is 0 Å². The Morgan fingerprint density at radius 2 is 1.12 bits per heavy atom. The number of ether oxygens (including phenoxy) is 6. The Bertz CT molecular complexity index is 1050. The third-order valence-corrected chi connectivity index (χ3v) is 7.65. The number of amides is 4. The van der Waals surface area contributed by atoms with Gasteiger partial charge in [0.1, 0.15) is 48.7 Å². The molecule has 12 N–H and O–H groups in total. The second-order valence-electron chi connectivity index (χ2n) is 11.6. The molecule has 0 radical (unpaired) electrons. The maximum Gasteiger partial charge on any atom is 0.237 e. The maximum atomic E-state index is 12.2. The highest BCUT2D eigenvalue weighted by atomic mass is 16.7. The fraction of sp³-hybridized carbons (Fsp3) is 0.862. The second kappa shape index (κ2) is 23.0. The Hall–Kier alpha value is -2.64. The molecule has 2 saturated heterocycles. The lowest BCUT2D eigenvalue weighted by Crippen LogP contribution is -2.64. The van der Waals surface area contributed by atoms with Crippen molar-refractivity contribution in [3.8, 4) is 0 Å². The molecule has 21 nitrogen and oxygen atoms in total. The van der Waals surface area contributed by atoms with Gasteiger partial charge in [0.25, 0.3) is 0 Å². The molecule has 2 heterocycles. The van der Waals surface area contributed by atoms with Gasteiger partial charge >= 0.3 is 0 Å². The van der Waals surface area contributed by atoms with Gasteiger partial charge in [0, 0.05) is 33.4 Å². The van der Waals surface area contributed by atoms with Crippen LogP contribution in [0.3, 0.4) is 0 Å². The molecular formula is C29H53N5O16. The number of nitrogens with one attached hydrogen (secondary N) is 4. The van der Waals surface area contributed by atoms with Gasteiger partial charge in [-0.1, -0.05) is 0 Å². The first-order valence-corrected chi connectivity index (χ1v) is 16.3. The minimum atomic E-state index is -1.43. The summed E-state index contributed by atoms with van der Waals surface area (Å²) in [6, 6.07) is -3.08. The highest BCUT2D eigenvalue weighted by Gasteiger charge is 2.46. The van der Waals surface area contributed by atoms with E-state index in [9.17, 15) is 49.8 Å². The molecule has 2 aliphatic rings. The average Bonchev–Trinajstić information content (AvgIpc) is 3.08. The molecule has 0 bridgehead atoms. The Morgan fingerprint density at radius 3 is 1.54 bits per heavy atom. The van der Waals surface area contributed by atoms with Crippen molar-refractivity contribution in [2.45, 2.75) is 94.0 Å². The molecule has 2 rings (SSSR count). The lowest BCUT2D eigenvalue weighted by molar-refractivity contribution is -0.272. The van der Waals surface area contributed by atoms with Crippen LogP contribution >= 0.6 is 0 Å². The van der Waals surface area contributed by atoms with E-state index in [2.05, 4.69) is 21.3 Å². The Kier molecular flexibility index (Phi) is 20.0. The second-order valence-corrected chi connectivity index (χ2v) is 11.6. The normalized spacial score (nSPS) is 30.3. The SMILES string of the molecule is CC(=O)NC1C(OCCOCCNC(=O)CCC(N)C(=O)NCCOCCOC2OC(CO)C(O)C(O)C2NC(C)=O)OC(CO)C(O)C1O. The van der Waals surface area contributed by atoms with Gasteiger partial charge in [0.05, 0.1) is 58.9 Å². The summed E-state index contributed by atoms with van der Waals surface area (Å²) in [5, 5.41) is 69.5. The van der Waals surface area contributed by atoms with Crippen LogP contribution in [0.15, 0.2) is 0 Å². The molecule has 0 aromatic heterocycles. The molecule has 11 unspecified atom stereocenters. The van der Waals surface area contributed by atoms with Crippen LogP contribution in [0.5, 0.6) is 0 Å². The maximum absolute atomic E-state index is 12.2. The zero-order chi connectivity index (χ0) is 37.2. The molecule has 2 fully saturated rings. The molecule has 0 aromatic rings. The largest absolute Gasteiger partial charge is 0.394 e. The van der Waals surface area contributed by atoms with Gasteiger partial charge in [-0.05, 0) is 6.42 Å². The highest BCUT2D eigenvalue weighted by Crippen LogP contribution is 2.23. The smallest absolute Gasteiger partial charge is 0.237 e. The molecule has 0 saturated carbocycles. The molecular weight excluding hydrogens is 674 g/mol. The van der Waals surface area contributed by atoms with Crippen molar-refractivity contribution in [1.29, 1.82) is 0 Å². The standard InChI is InChI=1S/C29H53N5O16/c1-15(37)33-21-25(42)23(40)18(13-35)49-28(21)47-11-9-45-7-5-31-20(39)4-3-17(30)27(44)32-6-8-46-10-12-48-29-22(34-16(2)38)26(43)24(41)19(14-36)50-29/h17-19,21-26,28-29,35-36,40-43H,3-14,30H2,1-2H3,(H,31,39)(H,32,44)(H,33,37)(H,34,38). The highest BCUT2D eigenvalue weighted by molar-refractivity contribution is 5.83. The summed E-state index contributed by atoms with van der Waals surface area (Å²) in [5.74, 6) is -1.78. The van der Waals surface area contributed by atoms with E-state index in [1.54, 1.807) is 0 Å². The van der Waals surface area contributed by atoms with Crippen molar-refractivity contribution in [2.24, 2.45) is 5.73 Å². The predicted octanol–water partition coefficient (Wildman–Crippen LogP) is -6.72. The van der Waals surface area contributed by atoms with Gasteiger partial charge in [-0.15, -0.1) is 0 Å². The first-order chi connectivity index (χ1) is 23.8. The summed E-state index contributed by atoms with van der Waals surface area (Å²) in [6.45, 7) is 1.92. The van der Waals surface area contributed by atoms with Crippen LogP contribution in [-0.4, -0.2) is 188 Å². The van der Waals surface area contributed by atoms with Crippen LogP contribution in [0.4, 0.5) is 0 Å². The van der Waals surface area contributed by atoms with Gasteiger partial charge in [-0.3, -0.25) is 19.2 Å². The van der Waals surface area contributed by atoms with Crippen molar-refractivity contribution < 1.29 is 78.2 Å². The number of aliphatic hydroxyl groups is 6. The molecule has 2 aliphatic heterocycles. The van der Waals surface area contributed by atoms with Crippen molar-refractivity contribution in [1.82, 2.24) is 21.3 Å². The van der Waals surface area contributed by atoms with Crippen LogP contribution in [0, 0.1) is 0 Å². The van der Waals surface area contributed by atoms with Crippen molar-refractivity contribution >= 4 is 23.6 Å². The van der Waals surface area contributed by atoms with Crippen molar-refractivity contribution in [3.05, 3.63) is 0 Å². The van der Waals surface area contributed by atoms with Crippen molar-refractivity contribution in [3.63, 3.8) is 0 Å². The Balaban J connectivity index is 1.53. The first kappa shape index (κ1) is 43.5. The molecule has 21 heteroatoms. The summed E-state index contributed by atoms with van der Waals surface area (Å²) in [6.07, 6.45) is -10.1. The van der Waals surface area contributed by atoms with E-state index in [1.165, 1.54) is 13.8 Å². The van der Waals surface area contributed by atoms with E-state index in [0.717, 1.165) is 0 Å². The molecule has 0 spiro atoms. The van der Waals surface area contributed by atoms with Crippen molar-refractivity contribution in [2.75, 3.05) is 65.9 Å². The third kappa shape index (κ3) is 14.5. The number of hydrogen-bond acceptors (Lipinski definition) is 17. The number of carbonyl (C=O) groups excluding carboxylic acids is 4. The summed E-state index contributed by atoms with van der Waals surface area (Å²) >= 11 is 0. The number of rotatable bonds is 22. The van der Waals surface area contributed by atoms with E-state index in [1.807, 2.05) is 0 Å². The minimum absolute atomic E-state index is 0.0130. The van der Waals surface area contributed by atoms with Gasteiger partial charge < -0.3 is 86.1 Å². The molecule has 11 atom stereocenters. The van der Waals surface area contributed by atoms with Gasteiger partial charge in [0.15, 0.2) is 12.6 Å². The fourth-order valence-corrected chi connectivity index (χ4v) is 5.02. The molecule has 0 aromatic carbocycles. The average molecular weight is 728 g/mol. The monoisotopic (exact) mass is 727 g/mol. The quantitative estimate of drug-likeness (QED) is 0.0462. The molecule has 0 aliphatic carbocycles. The van der Waals surface area contributed by atoms with Gasteiger partial charge in [-0.25, -0.2) is 0 Å². The number of nitrogens with two attached hydrogens (primary N) is 1. The topological polar surface area (TPSA) is 319 Å². The van der Waals surface area contributed by atoms with Crippen LogP contribution in [0.1, 0.15) is 26.7 Å². The molecule has 290 valence electrons. The summed E-state index contributed by atoms with van der Waals surface area (Å²) in [7, 11) is 0. The number of carbonyl (C=O) groups is 4. The molecule has 50 heavy (non-hydrogen) atoms.